The van der Waals surface area contributed by atoms with Gasteiger partial charge in [0, 0.05) is 13.8 Å². The zero-order valence-corrected chi connectivity index (χ0v) is 9.70. The minimum atomic E-state index is -0.588. The largest absolute Gasteiger partial charge is 0.348 e. The Hall–Kier alpha value is -1.83. The van der Waals surface area contributed by atoms with Gasteiger partial charge in [0.25, 0.3) is 0 Å². The summed E-state index contributed by atoms with van der Waals surface area (Å²) in [4.78, 5) is 37.0. The topological polar surface area (TPSA) is 93.4 Å². The number of thiazole rings is 1. The van der Waals surface area contributed by atoms with Crippen molar-refractivity contribution in [2.24, 2.45) is 0 Å². The second-order valence-corrected chi connectivity index (χ2v) is 3.97. The van der Waals surface area contributed by atoms with E-state index in [0.29, 0.717) is 11.3 Å². The average molecular weight is 243 g/mol. The molecule has 0 N–H and O–H groups in total. The minimum absolute atomic E-state index is 0.0317. The molecule has 7 nitrogen and oxygen atoms in total. The molecule has 0 aliphatic heterocycles. The number of aromatic nitrogens is 1. The van der Waals surface area contributed by atoms with Crippen LogP contribution in [0.2, 0.25) is 0 Å². The summed E-state index contributed by atoms with van der Waals surface area (Å²) in [6.07, 6.45) is 0. The van der Waals surface area contributed by atoms with E-state index in [0.717, 1.165) is 4.90 Å². The smallest absolute Gasteiger partial charge is 0.274 e. The Kier molecular flexibility index (Phi) is 3.33. The van der Waals surface area contributed by atoms with E-state index < -0.39 is 16.7 Å². The van der Waals surface area contributed by atoms with E-state index in [9.17, 15) is 19.7 Å². The molecule has 0 fully saturated rings. The number of aryl methyl sites for hydroxylation is 1. The molecule has 0 saturated carbocycles. The summed E-state index contributed by atoms with van der Waals surface area (Å²) in [5.74, 6) is -1.03. The van der Waals surface area contributed by atoms with Gasteiger partial charge in [0.1, 0.15) is 5.69 Å². The molecule has 16 heavy (non-hydrogen) atoms. The van der Waals surface area contributed by atoms with Gasteiger partial charge < -0.3 is 0 Å². The molecule has 1 heterocycles. The van der Waals surface area contributed by atoms with Gasteiger partial charge in [-0.05, 0) is 18.3 Å². The average Bonchev–Trinajstić information content (AvgIpc) is 2.45. The van der Waals surface area contributed by atoms with E-state index in [2.05, 4.69) is 4.98 Å². The summed E-state index contributed by atoms with van der Waals surface area (Å²) in [6, 6.07) is 0. The summed E-state index contributed by atoms with van der Waals surface area (Å²) in [5, 5.41) is 10.5. The van der Waals surface area contributed by atoms with Crippen LogP contribution < -0.4 is 4.90 Å². The fourth-order valence-corrected chi connectivity index (χ4v) is 2.10. The highest BCUT2D eigenvalue weighted by Gasteiger charge is 2.25. The lowest BCUT2D eigenvalue weighted by molar-refractivity contribution is -0.380. The second-order valence-electron chi connectivity index (χ2n) is 3.02. The number of carbonyl (C=O) groups is 2. The fourth-order valence-electron chi connectivity index (χ4n) is 1.13. The van der Waals surface area contributed by atoms with Gasteiger partial charge >= 0.3 is 5.00 Å². The van der Waals surface area contributed by atoms with Crippen molar-refractivity contribution in [3.05, 3.63) is 15.8 Å². The van der Waals surface area contributed by atoms with Gasteiger partial charge in [-0.2, -0.15) is 0 Å². The van der Waals surface area contributed by atoms with Crippen molar-refractivity contribution in [1.29, 1.82) is 0 Å². The molecule has 0 radical (unpaired) electrons. The molecule has 0 aliphatic carbocycles. The normalized spacial score (nSPS) is 9.94. The Balaban J connectivity index is 3.22. The highest BCUT2D eigenvalue weighted by Crippen LogP contribution is 2.32. The van der Waals surface area contributed by atoms with E-state index in [-0.39, 0.29) is 15.8 Å². The quantitative estimate of drug-likeness (QED) is 0.575. The first kappa shape index (κ1) is 12.2. The van der Waals surface area contributed by atoms with Crippen LogP contribution >= 0.6 is 11.3 Å². The van der Waals surface area contributed by atoms with Crippen LogP contribution in [0.1, 0.15) is 19.5 Å². The predicted molar refractivity (Wildman–Crippen MR) is 57.3 cm³/mol. The number of nitro groups is 1. The lowest BCUT2D eigenvalue weighted by Crippen LogP contribution is -2.32. The molecule has 0 aliphatic rings. The third-order valence-electron chi connectivity index (χ3n) is 1.75. The van der Waals surface area contributed by atoms with Crippen LogP contribution in [-0.2, 0) is 9.59 Å². The highest BCUT2D eigenvalue weighted by atomic mass is 32.1. The number of hydrogen-bond acceptors (Lipinski definition) is 6. The summed E-state index contributed by atoms with van der Waals surface area (Å²) >= 11 is 0.706. The van der Waals surface area contributed by atoms with E-state index in [1.165, 1.54) is 20.8 Å². The number of nitrogens with zero attached hydrogens (tertiary/aromatic N) is 3. The Bertz CT molecular complexity index is 454. The number of carbonyl (C=O) groups excluding carboxylic acids is 2. The van der Waals surface area contributed by atoms with Crippen LogP contribution in [0.25, 0.3) is 0 Å². The van der Waals surface area contributed by atoms with Crippen molar-refractivity contribution >= 4 is 33.3 Å². The van der Waals surface area contributed by atoms with E-state index >= 15 is 0 Å². The van der Waals surface area contributed by atoms with Gasteiger partial charge in [0.2, 0.25) is 16.9 Å². The van der Waals surface area contributed by atoms with Crippen LogP contribution in [-0.4, -0.2) is 21.7 Å². The first-order valence-corrected chi connectivity index (χ1v) is 5.09. The molecule has 8 heteroatoms. The lowest BCUT2D eigenvalue weighted by Gasteiger charge is -2.11. The highest BCUT2D eigenvalue weighted by molar-refractivity contribution is 7.19. The molecule has 1 rings (SSSR count). The molecule has 0 atom stereocenters. The van der Waals surface area contributed by atoms with Gasteiger partial charge in [-0.15, -0.1) is 0 Å². The Morgan fingerprint density at radius 2 is 1.88 bits per heavy atom. The SMILES string of the molecule is CC(=O)N(C(C)=O)c1nc(C)c([N+](=O)[O-])s1. The van der Waals surface area contributed by atoms with Crippen LogP contribution in [0.3, 0.4) is 0 Å². The molecular weight excluding hydrogens is 234 g/mol. The Morgan fingerprint density at radius 3 is 2.19 bits per heavy atom. The van der Waals surface area contributed by atoms with Crippen LogP contribution in [0.5, 0.6) is 0 Å². The molecule has 0 aromatic carbocycles. The number of anilines is 1. The molecule has 0 bridgehead atoms. The Morgan fingerprint density at radius 1 is 1.38 bits per heavy atom. The predicted octanol–water partition coefficient (Wildman–Crippen LogP) is 1.26. The summed E-state index contributed by atoms with van der Waals surface area (Å²) < 4.78 is 0. The second kappa shape index (κ2) is 4.35. The molecule has 0 saturated heterocycles. The van der Waals surface area contributed by atoms with E-state index in [1.54, 1.807) is 0 Å². The third kappa shape index (κ3) is 2.22. The number of hydrogen-bond donors (Lipinski definition) is 0. The van der Waals surface area contributed by atoms with Crippen molar-refractivity contribution in [2.45, 2.75) is 20.8 Å². The zero-order chi connectivity index (χ0) is 12.5. The van der Waals surface area contributed by atoms with Gasteiger partial charge in [0.05, 0.1) is 4.92 Å². The summed E-state index contributed by atoms with van der Waals surface area (Å²) in [5.41, 5.74) is 0.192. The molecule has 0 unspecified atom stereocenters. The minimum Gasteiger partial charge on any atom is -0.274 e. The molecule has 1 aromatic heterocycles. The van der Waals surface area contributed by atoms with Gasteiger partial charge in [-0.3, -0.25) is 19.7 Å². The van der Waals surface area contributed by atoms with Crippen molar-refractivity contribution in [3.63, 3.8) is 0 Å². The van der Waals surface area contributed by atoms with Crippen molar-refractivity contribution in [1.82, 2.24) is 4.98 Å². The van der Waals surface area contributed by atoms with Gasteiger partial charge in [-0.25, -0.2) is 9.88 Å². The standard InChI is InChI=1S/C8H9N3O4S/c1-4-7(11(14)15)16-8(9-4)10(5(2)12)6(3)13/h1-3H3. The van der Waals surface area contributed by atoms with E-state index in [1.807, 2.05) is 0 Å². The molecule has 0 spiro atoms. The first-order valence-electron chi connectivity index (χ1n) is 4.27. The summed E-state index contributed by atoms with van der Waals surface area (Å²) in [6.45, 7) is 3.85. The maximum atomic E-state index is 11.2. The van der Waals surface area contributed by atoms with E-state index in [4.69, 9.17) is 0 Å². The van der Waals surface area contributed by atoms with Crippen LogP contribution in [0.15, 0.2) is 0 Å². The van der Waals surface area contributed by atoms with Gasteiger partial charge in [-0.1, -0.05) is 0 Å². The van der Waals surface area contributed by atoms with Crippen molar-refractivity contribution in [3.8, 4) is 0 Å². The van der Waals surface area contributed by atoms with Gasteiger partial charge in [0.15, 0.2) is 0 Å². The number of rotatable bonds is 2. The van der Waals surface area contributed by atoms with Crippen LogP contribution in [0, 0.1) is 17.0 Å². The number of imide groups is 1. The van der Waals surface area contributed by atoms with Crippen LogP contribution in [0.4, 0.5) is 10.1 Å². The molecular formula is C8H9N3O4S. The van der Waals surface area contributed by atoms with Crippen molar-refractivity contribution in [2.75, 3.05) is 4.90 Å². The third-order valence-corrected chi connectivity index (χ3v) is 2.84. The number of amides is 2. The maximum Gasteiger partial charge on any atom is 0.348 e. The van der Waals surface area contributed by atoms with Crippen molar-refractivity contribution < 1.29 is 14.5 Å². The lowest BCUT2D eigenvalue weighted by atomic mass is 10.5. The first-order chi connectivity index (χ1) is 7.34. The molecule has 2 amide bonds. The fraction of sp³-hybridized carbons (Fsp3) is 0.375. The Labute approximate surface area is 94.9 Å². The molecule has 86 valence electrons. The monoisotopic (exact) mass is 243 g/mol. The summed E-state index contributed by atoms with van der Waals surface area (Å²) in [7, 11) is 0. The molecule has 1 aromatic rings. The zero-order valence-electron chi connectivity index (χ0n) is 8.88. The maximum absolute atomic E-state index is 11.2.